The van der Waals surface area contributed by atoms with E-state index in [0.29, 0.717) is 17.7 Å². The van der Waals surface area contributed by atoms with Crippen LogP contribution in [-0.2, 0) is 9.53 Å². The topological polar surface area (TPSA) is 81.9 Å². The average molecular weight is 340 g/mol. The molecular weight excluding hydrogens is 318 g/mol. The molecule has 126 valence electrons. The van der Waals surface area contributed by atoms with Crippen molar-refractivity contribution in [3.63, 3.8) is 0 Å². The first-order valence-electron chi connectivity index (χ1n) is 7.58. The molecule has 0 saturated carbocycles. The smallest absolute Gasteiger partial charge is 0.293 e. The Balaban J connectivity index is 0.000000236. The van der Waals surface area contributed by atoms with Crippen molar-refractivity contribution in [3.05, 3.63) is 17.7 Å². The number of ether oxygens (including phenoxy) is 1. The standard InChI is InChI=1S/C10H12ClN5.C5H10O2/c11-9-8-5-15-16(10(8)14-6-13-9)7-2-1-3-12-4-7;1-5(2,3)7-4-6/h5-7,12H,1-4H2;4H,1-3H3. The first-order chi connectivity index (χ1) is 10.9. The molecule has 0 bridgehead atoms. The predicted octanol–water partition coefficient (Wildman–Crippen LogP) is 2.36. The van der Waals surface area contributed by atoms with Gasteiger partial charge >= 0.3 is 0 Å². The van der Waals surface area contributed by atoms with E-state index in [1.807, 2.05) is 25.5 Å². The Bertz CT molecular complexity index is 647. The van der Waals surface area contributed by atoms with Gasteiger partial charge in [0.1, 0.15) is 17.1 Å². The SMILES string of the molecule is CC(C)(C)OC=O.Clc1ncnc2c1cnn2C1CCCNC1. The molecule has 1 atom stereocenters. The summed E-state index contributed by atoms with van der Waals surface area (Å²) in [7, 11) is 0. The highest BCUT2D eigenvalue weighted by Gasteiger charge is 2.19. The highest BCUT2D eigenvalue weighted by molar-refractivity contribution is 6.33. The molecule has 0 spiro atoms. The molecule has 3 rings (SSSR count). The summed E-state index contributed by atoms with van der Waals surface area (Å²) in [6, 6.07) is 0.372. The van der Waals surface area contributed by atoms with E-state index in [1.165, 1.54) is 12.7 Å². The lowest BCUT2D eigenvalue weighted by Crippen LogP contribution is -2.32. The molecule has 2 aromatic rings. The third kappa shape index (κ3) is 4.87. The number of rotatable bonds is 2. The molecule has 0 amide bonds. The van der Waals surface area contributed by atoms with Gasteiger partial charge in [0, 0.05) is 6.54 Å². The minimum atomic E-state index is -0.318. The van der Waals surface area contributed by atoms with E-state index in [0.717, 1.165) is 30.5 Å². The maximum Gasteiger partial charge on any atom is 0.293 e. The number of carbonyl (C=O) groups is 1. The van der Waals surface area contributed by atoms with Crippen LogP contribution in [0.15, 0.2) is 12.5 Å². The summed E-state index contributed by atoms with van der Waals surface area (Å²) in [4.78, 5) is 17.8. The van der Waals surface area contributed by atoms with Gasteiger partial charge in [0.2, 0.25) is 0 Å². The number of nitrogens with zero attached hydrogens (tertiary/aromatic N) is 4. The lowest BCUT2D eigenvalue weighted by molar-refractivity contribution is -0.138. The minimum Gasteiger partial charge on any atom is -0.462 e. The van der Waals surface area contributed by atoms with Crippen LogP contribution in [0.4, 0.5) is 0 Å². The fraction of sp³-hybridized carbons (Fsp3) is 0.600. The van der Waals surface area contributed by atoms with Gasteiger partial charge in [0.15, 0.2) is 5.65 Å². The van der Waals surface area contributed by atoms with Crippen LogP contribution in [0.1, 0.15) is 39.7 Å². The second-order valence-electron chi connectivity index (χ2n) is 6.32. The lowest BCUT2D eigenvalue weighted by atomic mass is 10.1. The summed E-state index contributed by atoms with van der Waals surface area (Å²) in [5.41, 5.74) is 0.510. The average Bonchev–Trinajstić information content (AvgIpc) is 2.93. The second-order valence-corrected chi connectivity index (χ2v) is 6.68. The number of fused-ring (bicyclic) bond motifs is 1. The number of piperidine rings is 1. The van der Waals surface area contributed by atoms with E-state index < -0.39 is 0 Å². The lowest BCUT2D eigenvalue weighted by Gasteiger charge is -2.23. The summed E-state index contributed by atoms with van der Waals surface area (Å²) in [5, 5.41) is 9.04. The van der Waals surface area contributed by atoms with Gasteiger partial charge < -0.3 is 10.1 Å². The fourth-order valence-corrected chi connectivity index (χ4v) is 2.46. The Morgan fingerprint density at radius 2 is 2.22 bits per heavy atom. The van der Waals surface area contributed by atoms with Crippen LogP contribution in [-0.4, -0.2) is 44.9 Å². The van der Waals surface area contributed by atoms with Crippen LogP contribution < -0.4 is 5.32 Å². The van der Waals surface area contributed by atoms with Crippen molar-refractivity contribution in [1.82, 2.24) is 25.1 Å². The highest BCUT2D eigenvalue weighted by atomic mass is 35.5. The molecule has 0 radical (unpaired) electrons. The molecule has 0 aliphatic carbocycles. The van der Waals surface area contributed by atoms with Crippen LogP contribution in [0.5, 0.6) is 0 Å². The van der Waals surface area contributed by atoms with E-state index in [2.05, 4.69) is 25.1 Å². The molecule has 1 N–H and O–H groups in total. The maximum absolute atomic E-state index is 9.60. The van der Waals surface area contributed by atoms with E-state index in [4.69, 9.17) is 11.6 Å². The molecule has 1 aliphatic heterocycles. The molecule has 0 aromatic carbocycles. The Kier molecular flexibility index (Phi) is 5.90. The van der Waals surface area contributed by atoms with Crippen molar-refractivity contribution in [2.75, 3.05) is 13.1 Å². The van der Waals surface area contributed by atoms with Crippen molar-refractivity contribution in [3.8, 4) is 0 Å². The molecule has 3 heterocycles. The van der Waals surface area contributed by atoms with Gasteiger partial charge in [-0.1, -0.05) is 11.6 Å². The number of nitrogens with one attached hydrogen (secondary N) is 1. The summed E-state index contributed by atoms with van der Waals surface area (Å²) in [5.74, 6) is 0. The molecule has 1 saturated heterocycles. The number of halogens is 1. The van der Waals surface area contributed by atoms with Crippen molar-refractivity contribution >= 4 is 29.1 Å². The number of hydrogen-bond acceptors (Lipinski definition) is 6. The normalized spacial score (nSPS) is 18.2. The summed E-state index contributed by atoms with van der Waals surface area (Å²) >= 11 is 5.99. The highest BCUT2D eigenvalue weighted by Crippen LogP contribution is 2.23. The van der Waals surface area contributed by atoms with Crippen molar-refractivity contribution in [1.29, 1.82) is 0 Å². The summed E-state index contributed by atoms with van der Waals surface area (Å²) in [6.45, 7) is 7.95. The van der Waals surface area contributed by atoms with Crippen LogP contribution in [0, 0.1) is 0 Å². The van der Waals surface area contributed by atoms with Crippen molar-refractivity contribution in [2.24, 2.45) is 0 Å². The third-order valence-corrected chi connectivity index (χ3v) is 3.66. The summed E-state index contributed by atoms with van der Waals surface area (Å²) in [6.07, 6.45) is 5.53. The first-order valence-corrected chi connectivity index (χ1v) is 7.96. The zero-order valence-corrected chi connectivity index (χ0v) is 14.4. The number of aromatic nitrogens is 4. The molecule has 1 aliphatic rings. The Morgan fingerprint density at radius 3 is 2.78 bits per heavy atom. The van der Waals surface area contributed by atoms with Crippen molar-refractivity contribution in [2.45, 2.75) is 45.3 Å². The molecule has 1 unspecified atom stereocenters. The van der Waals surface area contributed by atoms with Gasteiger partial charge in [-0.3, -0.25) is 4.79 Å². The van der Waals surface area contributed by atoms with Crippen LogP contribution in [0.25, 0.3) is 11.0 Å². The first kappa shape index (κ1) is 17.6. The third-order valence-electron chi connectivity index (χ3n) is 3.36. The van der Waals surface area contributed by atoms with Gasteiger partial charge in [-0.2, -0.15) is 5.10 Å². The molecular formula is C15H22ClN5O2. The molecule has 1 fully saturated rings. The second kappa shape index (κ2) is 7.70. The Morgan fingerprint density at radius 1 is 1.43 bits per heavy atom. The van der Waals surface area contributed by atoms with Gasteiger partial charge in [-0.25, -0.2) is 14.6 Å². The summed E-state index contributed by atoms with van der Waals surface area (Å²) < 4.78 is 6.50. The molecule has 7 nitrogen and oxygen atoms in total. The predicted molar refractivity (Wildman–Crippen MR) is 88.4 cm³/mol. The monoisotopic (exact) mass is 339 g/mol. The zero-order chi connectivity index (χ0) is 16.9. The van der Waals surface area contributed by atoms with E-state index in [9.17, 15) is 4.79 Å². The number of carbonyl (C=O) groups excluding carboxylic acids is 1. The van der Waals surface area contributed by atoms with Gasteiger partial charge in [0.05, 0.1) is 17.6 Å². The van der Waals surface area contributed by atoms with Gasteiger partial charge in [-0.05, 0) is 40.2 Å². The maximum atomic E-state index is 9.60. The van der Waals surface area contributed by atoms with Gasteiger partial charge in [-0.15, -0.1) is 0 Å². The van der Waals surface area contributed by atoms with Crippen molar-refractivity contribution < 1.29 is 9.53 Å². The van der Waals surface area contributed by atoms with Gasteiger partial charge in [0.25, 0.3) is 6.47 Å². The van der Waals surface area contributed by atoms with Crippen LogP contribution in [0.3, 0.4) is 0 Å². The molecule has 8 heteroatoms. The molecule has 23 heavy (non-hydrogen) atoms. The fourth-order valence-electron chi connectivity index (χ4n) is 2.29. The zero-order valence-electron chi connectivity index (χ0n) is 13.6. The molecule has 2 aromatic heterocycles. The van der Waals surface area contributed by atoms with E-state index in [-0.39, 0.29) is 5.60 Å². The largest absolute Gasteiger partial charge is 0.462 e. The van der Waals surface area contributed by atoms with E-state index >= 15 is 0 Å². The van der Waals surface area contributed by atoms with Crippen LogP contribution >= 0.6 is 11.6 Å². The Labute approximate surface area is 140 Å². The quantitative estimate of drug-likeness (QED) is 0.668. The van der Waals surface area contributed by atoms with Crippen LogP contribution in [0.2, 0.25) is 5.15 Å². The Hall–Kier alpha value is -1.73. The minimum absolute atomic E-state index is 0.318. The van der Waals surface area contributed by atoms with E-state index in [1.54, 1.807) is 6.20 Å². The number of hydrogen-bond donors (Lipinski definition) is 1.